The highest BCUT2D eigenvalue weighted by molar-refractivity contribution is 7.89. The Morgan fingerprint density at radius 1 is 1.15 bits per heavy atom. The Balaban J connectivity index is 1.74. The van der Waals surface area contributed by atoms with Gasteiger partial charge in [-0.2, -0.15) is 4.31 Å². The Hall–Kier alpha value is -2.32. The summed E-state index contributed by atoms with van der Waals surface area (Å²) in [4.78, 5) is 12.5. The first-order valence-electron chi connectivity index (χ1n) is 8.60. The lowest BCUT2D eigenvalue weighted by molar-refractivity contribution is -0.120. The fourth-order valence-electron chi connectivity index (χ4n) is 3.10. The third-order valence-electron chi connectivity index (χ3n) is 4.59. The molecule has 0 bridgehead atoms. The van der Waals surface area contributed by atoms with E-state index in [4.69, 9.17) is 0 Å². The number of carbonyl (C=O) groups is 1. The van der Waals surface area contributed by atoms with Gasteiger partial charge in [0.15, 0.2) is 0 Å². The Morgan fingerprint density at radius 2 is 1.85 bits per heavy atom. The van der Waals surface area contributed by atoms with E-state index < -0.39 is 33.5 Å². The van der Waals surface area contributed by atoms with E-state index in [9.17, 15) is 22.0 Å². The highest BCUT2D eigenvalue weighted by Crippen LogP contribution is 2.25. The van der Waals surface area contributed by atoms with E-state index >= 15 is 0 Å². The summed E-state index contributed by atoms with van der Waals surface area (Å²) in [6, 6.07) is 8.98. The molecule has 1 atom stereocenters. The summed E-state index contributed by atoms with van der Waals surface area (Å²) in [6.07, 6.45) is 1.02. The third-order valence-corrected chi connectivity index (χ3v) is 6.47. The smallest absolute Gasteiger partial charge is 0.243 e. The topological polar surface area (TPSA) is 66.5 Å². The van der Waals surface area contributed by atoms with Crippen molar-refractivity contribution in [1.29, 1.82) is 0 Å². The largest absolute Gasteiger partial charge is 0.323 e. The van der Waals surface area contributed by atoms with Crippen LogP contribution < -0.4 is 5.32 Å². The predicted octanol–water partition coefficient (Wildman–Crippen LogP) is 3.31. The van der Waals surface area contributed by atoms with E-state index in [-0.39, 0.29) is 23.7 Å². The minimum atomic E-state index is -3.82. The van der Waals surface area contributed by atoms with Crippen LogP contribution in [0.2, 0.25) is 0 Å². The summed E-state index contributed by atoms with van der Waals surface area (Å²) in [6.45, 7) is 2.06. The lowest BCUT2D eigenvalue weighted by Gasteiger charge is -2.31. The maximum absolute atomic E-state index is 13.9. The van der Waals surface area contributed by atoms with Crippen LogP contribution in [0.25, 0.3) is 0 Å². The fraction of sp³-hybridized carbons (Fsp3) is 0.316. The molecule has 1 fully saturated rings. The maximum atomic E-state index is 13.9. The van der Waals surface area contributed by atoms with E-state index in [1.165, 1.54) is 28.6 Å². The van der Waals surface area contributed by atoms with E-state index in [1.54, 1.807) is 13.0 Å². The van der Waals surface area contributed by atoms with Gasteiger partial charge in [-0.25, -0.2) is 17.2 Å². The molecule has 1 N–H and O–H groups in total. The molecule has 1 heterocycles. The molecule has 0 saturated carbocycles. The number of halogens is 2. The molecule has 0 spiro atoms. The summed E-state index contributed by atoms with van der Waals surface area (Å²) in [5.74, 6) is -2.07. The van der Waals surface area contributed by atoms with Crippen LogP contribution in [-0.4, -0.2) is 31.7 Å². The van der Waals surface area contributed by atoms with Gasteiger partial charge in [-0.1, -0.05) is 6.07 Å². The van der Waals surface area contributed by atoms with Crippen molar-refractivity contribution >= 4 is 21.6 Å². The molecular weight excluding hydrogens is 374 g/mol. The van der Waals surface area contributed by atoms with Crippen LogP contribution in [0, 0.1) is 24.5 Å². The average molecular weight is 394 g/mol. The Labute approximate surface area is 157 Å². The zero-order chi connectivity index (χ0) is 19.6. The first-order chi connectivity index (χ1) is 12.8. The molecule has 1 unspecified atom stereocenters. The minimum Gasteiger partial charge on any atom is -0.323 e. The van der Waals surface area contributed by atoms with Gasteiger partial charge >= 0.3 is 0 Å². The molecule has 1 aliphatic heterocycles. The van der Waals surface area contributed by atoms with Crippen LogP contribution in [-0.2, 0) is 14.8 Å². The number of hydrogen-bond donors (Lipinski definition) is 1. The maximum Gasteiger partial charge on any atom is 0.243 e. The van der Waals surface area contributed by atoms with E-state index in [1.807, 2.05) is 0 Å². The normalized spacial score (nSPS) is 18.3. The first-order valence-corrected chi connectivity index (χ1v) is 10.0. The number of anilines is 1. The summed E-state index contributed by atoms with van der Waals surface area (Å²) < 4.78 is 53.6. The van der Waals surface area contributed by atoms with Crippen LogP contribution in [0.5, 0.6) is 0 Å². The van der Waals surface area contributed by atoms with E-state index in [0.29, 0.717) is 12.8 Å². The van der Waals surface area contributed by atoms with Crippen molar-refractivity contribution in [3.8, 4) is 0 Å². The third kappa shape index (κ3) is 4.33. The Kier molecular flexibility index (Phi) is 5.57. The second-order valence-electron chi connectivity index (χ2n) is 6.63. The second kappa shape index (κ2) is 7.74. The lowest BCUT2D eigenvalue weighted by Crippen LogP contribution is -2.43. The molecule has 2 aromatic carbocycles. The van der Waals surface area contributed by atoms with Gasteiger partial charge < -0.3 is 5.32 Å². The Morgan fingerprint density at radius 3 is 2.56 bits per heavy atom. The molecule has 1 saturated heterocycles. The van der Waals surface area contributed by atoms with Gasteiger partial charge in [0, 0.05) is 13.1 Å². The number of nitrogens with zero attached hydrogens (tertiary/aromatic N) is 1. The van der Waals surface area contributed by atoms with E-state index in [0.717, 1.165) is 17.7 Å². The fourth-order valence-corrected chi connectivity index (χ4v) is 4.62. The molecule has 1 amide bonds. The standard InChI is InChI=1S/C19H20F2N2O3S/c1-13-4-9-17(21)18(11-13)22-19(24)14-3-2-10-23(12-14)27(25,26)16-7-5-15(20)6-8-16/h4-9,11,14H,2-3,10,12H2,1H3,(H,22,24). The quantitative estimate of drug-likeness (QED) is 0.865. The number of benzene rings is 2. The predicted molar refractivity (Wildman–Crippen MR) is 97.6 cm³/mol. The summed E-state index contributed by atoms with van der Waals surface area (Å²) >= 11 is 0. The molecular formula is C19H20F2N2O3S. The highest BCUT2D eigenvalue weighted by Gasteiger charge is 2.33. The van der Waals surface area contributed by atoms with Crippen molar-refractivity contribution in [3.63, 3.8) is 0 Å². The number of aryl methyl sites for hydroxylation is 1. The number of amides is 1. The summed E-state index contributed by atoms with van der Waals surface area (Å²) in [5, 5.41) is 2.55. The van der Waals surface area contributed by atoms with Crippen molar-refractivity contribution in [3.05, 3.63) is 59.7 Å². The van der Waals surface area contributed by atoms with Crippen molar-refractivity contribution in [1.82, 2.24) is 4.31 Å². The van der Waals surface area contributed by atoms with Gasteiger partial charge in [-0.05, 0) is 61.7 Å². The molecule has 0 radical (unpaired) electrons. The van der Waals surface area contributed by atoms with Crippen LogP contribution in [0.15, 0.2) is 47.4 Å². The van der Waals surface area contributed by atoms with Crippen molar-refractivity contribution in [2.75, 3.05) is 18.4 Å². The first kappa shape index (κ1) is 19.4. The zero-order valence-corrected chi connectivity index (χ0v) is 15.6. The summed E-state index contributed by atoms with van der Waals surface area (Å²) in [5.41, 5.74) is 0.884. The highest BCUT2D eigenvalue weighted by atomic mass is 32.2. The lowest BCUT2D eigenvalue weighted by atomic mass is 9.98. The molecule has 27 heavy (non-hydrogen) atoms. The van der Waals surface area contributed by atoms with Crippen molar-refractivity contribution in [2.45, 2.75) is 24.7 Å². The molecule has 5 nitrogen and oxygen atoms in total. The SMILES string of the molecule is Cc1ccc(F)c(NC(=O)C2CCCN(S(=O)(=O)c3ccc(F)cc3)C2)c1. The molecule has 0 aromatic heterocycles. The average Bonchev–Trinajstić information content (AvgIpc) is 2.65. The van der Waals surface area contributed by atoms with Gasteiger partial charge in [-0.3, -0.25) is 4.79 Å². The van der Waals surface area contributed by atoms with Crippen molar-refractivity contribution in [2.24, 2.45) is 5.92 Å². The molecule has 1 aliphatic rings. The monoisotopic (exact) mass is 394 g/mol. The molecule has 8 heteroatoms. The van der Waals surface area contributed by atoms with E-state index in [2.05, 4.69) is 5.32 Å². The van der Waals surface area contributed by atoms with Crippen LogP contribution >= 0.6 is 0 Å². The molecule has 2 aromatic rings. The molecule has 144 valence electrons. The Bertz CT molecular complexity index is 946. The number of nitrogens with one attached hydrogen (secondary N) is 1. The van der Waals surface area contributed by atoms with Gasteiger partial charge in [0.05, 0.1) is 16.5 Å². The van der Waals surface area contributed by atoms with Crippen molar-refractivity contribution < 1.29 is 22.0 Å². The number of rotatable bonds is 4. The number of piperidine rings is 1. The number of carbonyl (C=O) groups excluding carboxylic acids is 1. The summed E-state index contributed by atoms with van der Waals surface area (Å²) in [7, 11) is -3.82. The zero-order valence-electron chi connectivity index (χ0n) is 14.8. The van der Waals surface area contributed by atoms with Gasteiger partial charge in [0.25, 0.3) is 0 Å². The number of sulfonamides is 1. The van der Waals surface area contributed by atoms with Crippen LogP contribution in [0.1, 0.15) is 18.4 Å². The van der Waals surface area contributed by atoms with Crippen LogP contribution in [0.3, 0.4) is 0 Å². The molecule has 0 aliphatic carbocycles. The number of hydrogen-bond acceptors (Lipinski definition) is 3. The second-order valence-corrected chi connectivity index (χ2v) is 8.57. The van der Waals surface area contributed by atoms with Crippen LogP contribution in [0.4, 0.5) is 14.5 Å². The van der Waals surface area contributed by atoms with Gasteiger partial charge in [0.2, 0.25) is 15.9 Å². The van der Waals surface area contributed by atoms with Gasteiger partial charge in [0.1, 0.15) is 11.6 Å². The minimum absolute atomic E-state index is 0.00101. The van der Waals surface area contributed by atoms with Gasteiger partial charge in [-0.15, -0.1) is 0 Å². The molecule has 3 rings (SSSR count).